The molecule has 0 aromatic heterocycles. The van der Waals surface area contributed by atoms with Crippen LogP contribution in [0, 0.1) is 5.82 Å². The number of urea groups is 1. The number of rotatable bonds is 7. The molecular formula is C20H26FN3O2. The van der Waals surface area contributed by atoms with Crippen LogP contribution in [0.5, 0.6) is 5.75 Å². The van der Waals surface area contributed by atoms with Gasteiger partial charge in [0.2, 0.25) is 0 Å². The zero-order valence-electron chi connectivity index (χ0n) is 15.8. The van der Waals surface area contributed by atoms with E-state index in [0.29, 0.717) is 18.7 Å². The third kappa shape index (κ3) is 5.74. The van der Waals surface area contributed by atoms with Gasteiger partial charge in [-0.2, -0.15) is 0 Å². The summed E-state index contributed by atoms with van der Waals surface area (Å²) in [6, 6.07) is 12.6. The van der Waals surface area contributed by atoms with E-state index < -0.39 is 5.82 Å². The van der Waals surface area contributed by atoms with Gasteiger partial charge in [-0.25, -0.2) is 9.18 Å². The minimum atomic E-state index is -0.434. The summed E-state index contributed by atoms with van der Waals surface area (Å²) in [5.74, 6) is -0.241. The highest BCUT2D eigenvalue weighted by Crippen LogP contribution is 2.18. The van der Waals surface area contributed by atoms with E-state index in [2.05, 4.69) is 22.3 Å². The number of benzene rings is 2. The van der Waals surface area contributed by atoms with Crippen LogP contribution in [0.4, 0.5) is 9.18 Å². The van der Waals surface area contributed by atoms with Crippen molar-refractivity contribution in [1.29, 1.82) is 0 Å². The fourth-order valence-electron chi connectivity index (χ4n) is 2.59. The second-order valence-electron chi connectivity index (χ2n) is 6.54. The Kier molecular flexibility index (Phi) is 6.97. The molecule has 0 saturated carbocycles. The lowest BCUT2D eigenvalue weighted by Gasteiger charge is -2.18. The van der Waals surface area contributed by atoms with E-state index in [9.17, 15) is 9.18 Å². The van der Waals surface area contributed by atoms with E-state index >= 15 is 0 Å². The van der Waals surface area contributed by atoms with Crippen LogP contribution in [-0.4, -0.2) is 44.1 Å². The summed E-state index contributed by atoms with van der Waals surface area (Å²) in [7, 11) is 7.15. The molecule has 0 fully saturated rings. The number of ether oxygens (including phenoxy) is 1. The average molecular weight is 359 g/mol. The summed E-state index contributed by atoms with van der Waals surface area (Å²) in [6.07, 6.45) is 0. The van der Waals surface area contributed by atoms with Crippen LogP contribution in [-0.2, 0) is 19.6 Å². The molecule has 2 rings (SSSR count). The summed E-state index contributed by atoms with van der Waals surface area (Å²) in [6.45, 7) is 1.64. The molecule has 2 amide bonds. The molecule has 0 unspecified atom stereocenters. The molecule has 0 spiro atoms. The van der Waals surface area contributed by atoms with Crippen LogP contribution in [0.1, 0.15) is 16.7 Å². The molecule has 0 aliphatic heterocycles. The number of nitrogens with zero attached hydrogens (tertiary/aromatic N) is 2. The number of hydrogen-bond acceptors (Lipinski definition) is 3. The van der Waals surface area contributed by atoms with Crippen LogP contribution in [0.15, 0.2) is 42.5 Å². The number of hydrogen-bond donors (Lipinski definition) is 1. The Balaban J connectivity index is 1.86. The quantitative estimate of drug-likeness (QED) is 0.825. The number of carbonyl (C=O) groups excluding carboxylic acids is 1. The maximum Gasteiger partial charge on any atom is 0.317 e. The van der Waals surface area contributed by atoms with Crippen molar-refractivity contribution < 1.29 is 13.9 Å². The van der Waals surface area contributed by atoms with Gasteiger partial charge in [0.05, 0.1) is 7.11 Å². The van der Waals surface area contributed by atoms with Crippen LogP contribution >= 0.6 is 0 Å². The van der Waals surface area contributed by atoms with Crippen LogP contribution in [0.25, 0.3) is 0 Å². The summed E-state index contributed by atoms with van der Waals surface area (Å²) in [4.78, 5) is 15.9. The zero-order valence-corrected chi connectivity index (χ0v) is 15.8. The zero-order chi connectivity index (χ0) is 19.1. The van der Waals surface area contributed by atoms with Crippen LogP contribution in [0.2, 0.25) is 0 Å². The molecule has 1 N–H and O–H groups in total. The molecule has 2 aromatic carbocycles. The van der Waals surface area contributed by atoms with Crippen molar-refractivity contribution in [3.8, 4) is 5.75 Å². The molecule has 0 saturated heterocycles. The van der Waals surface area contributed by atoms with Gasteiger partial charge in [-0.05, 0) is 42.9 Å². The molecule has 0 heterocycles. The third-order valence-electron chi connectivity index (χ3n) is 3.95. The van der Waals surface area contributed by atoms with E-state index in [4.69, 9.17) is 4.74 Å². The molecule has 6 heteroatoms. The topological polar surface area (TPSA) is 44.8 Å². The predicted octanol–water partition coefficient (Wildman–Crippen LogP) is 3.24. The van der Waals surface area contributed by atoms with Gasteiger partial charge in [-0.15, -0.1) is 0 Å². The molecule has 5 nitrogen and oxygen atoms in total. The first kappa shape index (κ1) is 19.7. The molecule has 0 atom stereocenters. The lowest BCUT2D eigenvalue weighted by Crippen LogP contribution is -2.36. The molecule has 0 bridgehead atoms. The van der Waals surface area contributed by atoms with Crippen molar-refractivity contribution in [2.24, 2.45) is 0 Å². The Morgan fingerprint density at radius 2 is 1.62 bits per heavy atom. The molecular weight excluding hydrogens is 333 g/mol. The first-order valence-electron chi connectivity index (χ1n) is 8.43. The number of halogens is 1. The van der Waals surface area contributed by atoms with E-state index in [1.807, 2.05) is 26.2 Å². The van der Waals surface area contributed by atoms with Crippen molar-refractivity contribution in [1.82, 2.24) is 15.1 Å². The Labute approximate surface area is 154 Å². The molecule has 0 aliphatic rings. The third-order valence-corrected chi connectivity index (χ3v) is 3.95. The van der Waals surface area contributed by atoms with Gasteiger partial charge in [0.15, 0.2) is 11.6 Å². The Bertz CT molecular complexity index is 732. The number of nitrogens with one attached hydrogen (secondary N) is 1. The molecule has 2 aromatic rings. The van der Waals surface area contributed by atoms with Gasteiger partial charge < -0.3 is 19.9 Å². The standard InChI is InChI=1S/C20H26FN3O2/c1-23(2)13-16-7-5-15(6-8-16)12-22-20(25)24(3)14-17-9-10-19(26-4)18(21)11-17/h5-11H,12-14H2,1-4H3,(H,22,25). The maximum absolute atomic E-state index is 13.7. The van der Waals surface area contributed by atoms with Crippen LogP contribution < -0.4 is 10.1 Å². The van der Waals surface area contributed by atoms with E-state index in [1.165, 1.54) is 23.6 Å². The van der Waals surface area contributed by atoms with Gasteiger partial charge in [0.25, 0.3) is 0 Å². The average Bonchev–Trinajstić information content (AvgIpc) is 2.60. The summed E-state index contributed by atoms with van der Waals surface area (Å²) < 4.78 is 18.6. The minimum Gasteiger partial charge on any atom is -0.494 e. The van der Waals surface area contributed by atoms with Gasteiger partial charge >= 0.3 is 6.03 Å². The smallest absolute Gasteiger partial charge is 0.317 e. The van der Waals surface area contributed by atoms with E-state index in [0.717, 1.165) is 12.1 Å². The first-order chi connectivity index (χ1) is 12.4. The SMILES string of the molecule is COc1ccc(CN(C)C(=O)NCc2ccc(CN(C)C)cc2)cc1F. The molecule has 0 radical (unpaired) electrons. The van der Waals surface area contributed by atoms with Gasteiger partial charge in [-0.3, -0.25) is 0 Å². The molecule has 0 aliphatic carbocycles. The normalized spacial score (nSPS) is 10.7. The van der Waals surface area contributed by atoms with Crippen molar-refractivity contribution in [2.45, 2.75) is 19.6 Å². The second-order valence-corrected chi connectivity index (χ2v) is 6.54. The van der Waals surface area contributed by atoms with Crippen molar-refractivity contribution in [3.63, 3.8) is 0 Å². The summed E-state index contributed by atoms with van der Waals surface area (Å²) in [5.41, 5.74) is 2.96. The Morgan fingerprint density at radius 3 is 2.19 bits per heavy atom. The van der Waals surface area contributed by atoms with Crippen molar-refractivity contribution >= 4 is 6.03 Å². The summed E-state index contributed by atoms with van der Waals surface area (Å²) in [5, 5.41) is 2.87. The predicted molar refractivity (Wildman–Crippen MR) is 100 cm³/mol. The number of amides is 2. The highest BCUT2D eigenvalue weighted by atomic mass is 19.1. The summed E-state index contributed by atoms with van der Waals surface area (Å²) >= 11 is 0. The van der Waals surface area contributed by atoms with Crippen LogP contribution in [0.3, 0.4) is 0 Å². The van der Waals surface area contributed by atoms with Gasteiger partial charge in [0, 0.05) is 26.7 Å². The van der Waals surface area contributed by atoms with Gasteiger partial charge in [0.1, 0.15) is 0 Å². The largest absolute Gasteiger partial charge is 0.494 e. The van der Waals surface area contributed by atoms with Crippen molar-refractivity contribution in [3.05, 3.63) is 65.0 Å². The highest BCUT2D eigenvalue weighted by molar-refractivity contribution is 5.73. The van der Waals surface area contributed by atoms with E-state index in [1.54, 1.807) is 19.2 Å². The van der Waals surface area contributed by atoms with Gasteiger partial charge in [-0.1, -0.05) is 30.3 Å². The number of methoxy groups -OCH3 is 1. The number of carbonyl (C=O) groups is 1. The first-order valence-corrected chi connectivity index (χ1v) is 8.43. The molecule has 140 valence electrons. The molecule has 26 heavy (non-hydrogen) atoms. The minimum absolute atomic E-state index is 0.193. The fourth-order valence-corrected chi connectivity index (χ4v) is 2.59. The second kappa shape index (κ2) is 9.20. The Hall–Kier alpha value is -2.60. The maximum atomic E-state index is 13.7. The van der Waals surface area contributed by atoms with Crippen molar-refractivity contribution in [2.75, 3.05) is 28.3 Å². The fraction of sp³-hybridized carbons (Fsp3) is 0.350. The van der Waals surface area contributed by atoms with E-state index in [-0.39, 0.29) is 11.8 Å². The highest BCUT2D eigenvalue weighted by Gasteiger charge is 2.11. The lowest BCUT2D eigenvalue weighted by molar-refractivity contribution is 0.206. The lowest BCUT2D eigenvalue weighted by atomic mass is 10.1. The monoisotopic (exact) mass is 359 g/mol. The Morgan fingerprint density at radius 1 is 1.00 bits per heavy atom.